The highest BCUT2D eigenvalue weighted by Crippen LogP contribution is 2.27. The number of benzene rings is 1. The van der Waals surface area contributed by atoms with Crippen molar-refractivity contribution in [3.63, 3.8) is 0 Å². The van der Waals surface area contributed by atoms with Gasteiger partial charge >= 0.3 is 0 Å². The fourth-order valence-corrected chi connectivity index (χ4v) is 2.62. The predicted molar refractivity (Wildman–Crippen MR) is 78.3 cm³/mol. The van der Waals surface area contributed by atoms with Crippen molar-refractivity contribution in [3.8, 4) is 0 Å². The van der Waals surface area contributed by atoms with E-state index in [1.807, 2.05) is 0 Å². The molecule has 3 N–H and O–H groups in total. The fourth-order valence-electron chi connectivity index (χ4n) is 2.62. The number of nitro benzene ring substituents is 1. The highest BCUT2D eigenvalue weighted by atomic mass is 16.6. The molecule has 1 fully saturated rings. The van der Waals surface area contributed by atoms with E-state index in [-0.39, 0.29) is 29.2 Å². The Bertz CT molecular complexity index is 547. The molecule has 1 aliphatic carbocycles. The summed E-state index contributed by atoms with van der Waals surface area (Å²) in [6.45, 7) is 0.545. The summed E-state index contributed by atoms with van der Waals surface area (Å²) < 4.78 is 0. The maximum atomic E-state index is 11.8. The van der Waals surface area contributed by atoms with Crippen LogP contribution < -0.4 is 10.6 Å². The van der Waals surface area contributed by atoms with Crippen molar-refractivity contribution in [3.05, 3.63) is 33.9 Å². The van der Waals surface area contributed by atoms with Crippen LogP contribution in [0.15, 0.2) is 18.2 Å². The van der Waals surface area contributed by atoms with Gasteiger partial charge in [0.25, 0.3) is 11.6 Å². The van der Waals surface area contributed by atoms with E-state index in [1.165, 1.54) is 25.2 Å². The van der Waals surface area contributed by atoms with Crippen molar-refractivity contribution in [2.75, 3.05) is 18.9 Å². The SMILES string of the molecule is CNC(=O)c1cc([N+](=O)[O-])ccc1NC[C@@H]1CCC[C@H]1O. The standard InChI is InChI=1S/C14H19N3O4/c1-15-14(19)11-7-10(17(20)21)5-6-12(11)16-8-9-3-2-4-13(9)18/h5-7,9,13,16,18H,2-4,8H2,1H3,(H,15,19)/t9-,13+/m0/s1. The molecule has 0 saturated heterocycles. The number of nitro groups is 1. The molecule has 1 saturated carbocycles. The average molecular weight is 293 g/mol. The summed E-state index contributed by atoms with van der Waals surface area (Å²) in [5.41, 5.74) is 0.651. The second-order valence-electron chi connectivity index (χ2n) is 5.21. The van der Waals surface area contributed by atoms with Gasteiger partial charge in [0, 0.05) is 37.3 Å². The van der Waals surface area contributed by atoms with Crippen LogP contribution in [0.5, 0.6) is 0 Å². The third-order valence-electron chi connectivity index (χ3n) is 3.86. The molecule has 0 radical (unpaired) electrons. The Morgan fingerprint density at radius 2 is 2.24 bits per heavy atom. The maximum absolute atomic E-state index is 11.8. The van der Waals surface area contributed by atoms with Crippen molar-refractivity contribution in [2.24, 2.45) is 5.92 Å². The van der Waals surface area contributed by atoms with Gasteiger partial charge in [-0.25, -0.2) is 0 Å². The summed E-state index contributed by atoms with van der Waals surface area (Å²) in [6, 6.07) is 4.15. The number of aliphatic hydroxyl groups excluding tert-OH is 1. The second-order valence-corrected chi connectivity index (χ2v) is 5.21. The first-order chi connectivity index (χ1) is 10.0. The molecule has 0 bridgehead atoms. The summed E-state index contributed by atoms with van der Waals surface area (Å²) in [7, 11) is 1.48. The van der Waals surface area contributed by atoms with Crippen LogP contribution in [-0.2, 0) is 0 Å². The molecule has 0 aliphatic heterocycles. The molecule has 0 heterocycles. The van der Waals surface area contributed by atoms with Gasteiger partial charge in [0.05, 0.1) is 16.6 Å². The summed E-state index contributed by atoms with van der Waals surface area (Å²) in [5, 5.41) is 26.2. The van der Waals surface area contributed by atoms with E-state index in [1.54, 1.807) is 0 Å². The smallest absolute Gasteiger partial charge is 0.270 e. The van der Waals surface area contributed by atoms with Gasteiger partial charge in [-0.2, -0.15) is 0 Å². The lowest BCUT2D eigenvalue weighted by Crippen LogP contribution is -2.24. The van der Waals surface area contributed by atoms with E-state index < -0.39 is 4.92 Å². The summed E-state index contributed by atoms with van der Waals surface area (Å²) in [5.74, 6) is -0.231. The zero-order valence-electron chi connectivity index (χ0n) is 11.8. The molecule has 2 rings (SSSR count). The van der Waals surface area contributed by atoms with Crippen molar-refractivity contribution >= 4 is 17.3 Å². The van der Waals surface area contributed by atoms with Gasteiger partial charge in [0.2, 0.25) is 0 Å². The van der Waals surface area contributed by atoms with Crippen LogP contribution in [0, 0.1) is 16.0 Å². The third kappa shape index (κ3) is 3.49. The average Bonchev–Trinajstić information content (AvgIpc) is 2.89. The number of anilines is 1. The van der Waals surface area contributed by atoms with Crippen LogP contribution in [0.25, 0.3) is 0 Å². The van der Waals surface area contributed by atoms with E-state index in [0.29, 0.717) is 12.2 Å². The Hall–Kier alpha value is -2.15. The van der Waals surface area contributed by atoms with Gasteiger partial charge in [0.15, 0.2) is 0 Å². The monoisotopic (exact) mass is 293 g/mol. The Morgan fingerprint density at radius 3 is 2.81 bits per heavy atom. The third-order valence-corrected chi connectivity index (χ3v) is 3.86. The molecule has 1 aromatic rings. The van der Waals surface area contributed by atoms with Crippen molar-refractivity contribution in [1.82, 2.24) is 5.32 Å². The van der Waals surface area contributed by atoms with Gasteiger partial charge in [0.1, 0.15) is 0 Å². The Labute approximate surface area is 122 Å². The van der Waals surface area contributed by atoms with E-state index in [4.69, 9.17) is 0 Å². The van der Waals surface area contributed by atoms with Crippen LogP contribution in [0.4, 0.5) is 11.4 Å². The highest BCUT2D eigenvalue weighted by Gasteiger charge is 2.25. The van der Waals surface area contributed by atoms with Gasteiger partial charge in [-0.1, -0.05) is 6.42 Å². The largest absolute Gasteiger partial charge is 0.393 e. The zero-order valence-corrected chi connectivity index (χ0v) is 11.8. The van der Waals surface area contributed by atoms with E-state index >= 15 is 0 Å². The van der Waals surface area contributed by atoms with Crippen LogP contribution >= 0.6 is 0 Å². The second kappa shape index (κ2) is 6.53. The van der Waals surface area contributed by atoms with E-state index in [9.17, 15) is 20.0 Å². The Kier molecular flexibility index (Phi) is 4.74. The van der Waals surface area contributed by atoms with Crippen LogP contribution in [0.1, 0.15) is 29.6 Å². The molecule has 1 amide bonds. The maximum Gasteiger partial charge on any atom is 0.270 e. The molecule has 21 heavy (non-hydrogen) atoms. The molecule has 0 unspecified atom stereocenters. The molecule has 0 aromatic heterocycles. The van der Waals surface area contributed by atoms with Gasteiger partial charge in [-0.15, -0.1) is 0 Å². The number of hydrogen-bond donors (Lipinski definition) is 3. The first-order valence-corrected chi connectivity index (χ1v) is 6.95. The molecule has 7 heteroatoms. The van der Waals surface area contributed by atoms with Gasteiger partial charge < -0.3 is 15.7 Å². The van der Waals surface area contributed by atoms with Gasteiger partial charge in [-0.05, 0) is 18.9 Å². The lowest BCUT2D eigenvalue weighted by atomic mass is 10.1. The van der Waals surface area contributed by atoms with Crippen molar-refractivity contribution in [2.45, 2.75) is 25.4 Å². The molecule has 7 nitrogen and oxygen atoms in total. The molecular formula is C14H19N3O4. The quantitative estimate of drug-likeness (QED) is 0.564. The van der Waals surface area contributed by atoms with Crippen LogP contribution in [0.2, 0.25) is 0 Å². The minimum Gasteiger partial charge on any atom is -0.393 e. The first-order valence-electron chi connectivity index (χ1n) is 6.95. The van der Waals surface area contributed by atoms with Crippen LogP contribution in [-0.4, -0.2) is 35.6 Å². The highest BCUT2D eigenvalue weighted by molar-refractivity contribution is 6.00. The predicted octanol–water partition coefficient (Wildman–Crippen LogP) is 1.53. The fraction of sp³-hybridized carbons (Fsp3) is 0.500. The lowest BCUT2D eigenvalue weighted by Gasteiger charge is -2.17. The number of aliphatic hydroxyl groups is 1. The molecule has 2 atom stereocenters. The number of carbonyl (C=O) groups is 1. The van der Waals surface area contributed by atoms with E-state index in [0.717, 1.165) is 19.3 Å². The van der Waals surface area contributed by atoms with Gasteiger partial charge in [-0.3, -0.25) is 14.9 Å². The number of hydrogen-bond acceptors (Lipinski definition) is 5. The summed E-state index contributed by atoms with van der Waals surface area (Å²) in [4.78, 5) is 22.1. The van der Waals surface area contributed by atoms with Crippen molar-refractivity contribution in [1.29, 1.82) is 0 Å². The number of rotatable bonds is 5. The Balaban J connectivity index is 2.17. The van der Waals surface area contributed by atoms with Crippen molar-refractivity contribution < 1.29 is 14.8 Å². The topological polar surface area (TPSA) is 104 Å². The lowest BCUT2D eigenvalue weighted by molar-refractivity contribution is -0.384. The first kappa shape index (κ1) is 15.2. The van der Waals surface area contributed by atoms with Crippen LogP contribution in [0.3, 0.4) is 0 Å². The number of carbonyl (C=O) groups excluding carboxylic acids is 1. The minimum absolute atomic E-state index is 0.125. The number of non-ortho nitro benzene ring substituents is 1. The Morgan fingerprint density at radius 1 is 1.48 bits per heavy atom. The molecular weight excluding hydrogens is 274 g/mol. The van der Waals surface area contributed by atoms with E-state index in [2.05, 4.69) is 10.6 Å². The number of nitrogens with one attached hydrogen (secondary N) is 2. The molecule has 114 valence electrons. The molecule has 0 spiro atoms. The number of amides is 1. The normalized spacial score (nSPS) is 21.0. The summed E-state index contributed by atoms with van der Waals surface area (Å²) >= 11 is 0. The summed E-state index contributed by atoms with van der Waals surface area (Å²) in [6.07, 6.45) is 2.42. The number of nitrogens with zero attached hydrogens (tertiary/aromatic N) is 1. The zero-order chi connectivity index (χ0) is 15.4. The minimum atomic E-state index is -0.531. The molecule has 1 aromatic carbocycles. The molecule has 1 aliphatic rings.